The fourth-order valence-electron chi connectivity index (χ4n) is 1.70. The van der Waals surface area contributed by atoms with Crippen molar-refractivity contribution in [1.82, 2.24) is 4.90 Å². The molecule has 1 rings (SSSR count). The molecule has 0 bridgehead atoms. The minimum Gasteiger partial charge on any atom is -0.480 e. The maximum atomic E-state index is 11.8. The van der Waals surface area contributed by atoms with Crippen LogP contribution in [0, 0.1) is 0 Å². The van der Waals surface area contributed by atoms with E-state index in [0.29, 0.717) is 18.7 Å². The predicted octanol–water partition coefficient (Wildman–Crippen LogP) is 1.13. The van der Waals surface area contributed by atoms with Crippen LogP contribution in [0.4, 0.5) is 5.69 Å². The zero-order chi connectivity index (χ0) is 13.5. The zero-order valence-electron chi connectivity index (χ0n) is 10.4. The van der Waals surface area contributed by atoms with Crippen molar-refractivity contribution in [3.8, 4) is 0 Å². The van der Waals surface area contributed by atoms with Crippen LogP contribution in [-0.4, -0.2) is 35.0 Å². The highest BCUT2D eigenvalue weighted by atomic mass is 16.4. The van der Waals surface area contributed by atoms with E-state index in [1.165, 1.54) is 4.90 Å². The van der Waals surface area contributed by atoms with E-state index in [0.717, 1.165) is 5.56 Å². The Morgan fingerprint density at radius 2 is 2.00 bits per heavy atom. The summed E-state index contributed by atoms with van der Waals surface area (Å²) in [5.41, 5.74) is 7.35. The van der Waals surface area contributed by atoms with Gasteiger partial charge in [0.2, 0.25) is 5.91 Å². The second kappa shape index (κ2) is 6.64. The molecule has 0 unspecified atom stereocenters. The van der Waals surface area contributed by atoms with E-state index in [9.17, 15) is 9.59 Å². The van der Waals surface area contributed by atoms with Gasteiger partial charge in [0.05, 0.1) is 0 Å². The molecule has 0 saturated carbocycles. The maximum absolute atomic E-state index is 11.8. The molecule has 98 valence electrons. The molecule has 0 aromatic heterocycles. The smallest absolute Gasteiger partial charge is 0.323 e. The average molecular weight is 250 g/mol. The van der Waals surface area contributed by atoms with Gasteiger partial charge < -0.3 is 15.7 Å². The fraction of sp³-hybridized carbons (Fsp3) is 0.385. The minimum absolute atomic E-state index is 0.164. The first-order chi connectivity index (χ1) is 8.54. The van der Waals surface area contributed by atoms with Gasteiger partial charge in [-0.2, -0.15) is 0 Å². The standard InChI is InChI=1S/C13H18N2O3/c1-2-15(9-13(17)18)12(16)8-7-10-5-3-4-6-11(10)14/h3-6H,2,7-9,14H2,1H3,(H,17,18). The van der Waals surface area contributed by atoms with Crippen molar-refractivity contribution in [2.45, 2.75) is 19.8 Å². The summed E-state index contributed by atoms with van der Waals surface area (Å²) in [6.45, 7) is 1.91. The van der Waals surface area contributed by atoms with Gasteiger partial charge in [-0.25, -0.2) is 0 Å². The summed E-state index contributed by atoms with van der Waals surface area (Å²) in [5, 5.41) is 8.68. The van der Waals surface area contributed by atoms with Crippen molar-refractivity contribution in [3.05, 3.63) is 29.8 Å². The molecule has 0 aliphatic rings. The number of aryl methyl sites for hydroxylation is 1. The number of anilines is 1. The lowest BCUT2D eigenvalue weighted by Crippen LogP contribution is -2.35. The highest BCUT2D eigenvalue weighted by molar-refractivity contribution is 5.81. The Morgan fingerprint density at radius 3 is 2.56 bits per heavy atom. The number of likely N-dealkylation sites (N-methyl/N-ethyl adjacent to an activating group) is 1. The number of carboxylic acids is 1. The van der Waals surface area contributed by atoms with Crippen LogP contribution in [0.15, 0.2) is 24.3 Å². The molecular formula is C13H18N2O3. The van der Waals surface area contributed by atoms with Gasteiger partial charge in [-0.15, -0.1) is 0 Å². The molecule has 0 aliphatic heterocycles. The van der Waals surface area contributed by atoms with Crippen LogP contribution in [0.3, 0.4) is 0 Å². The third-order valence-corrected chi connectivity index (χ3v) is 2.72. The number of nitrogens with zero attached hydrogens (tertiary/aromatic N) is 1. The highest BCUT2D eigenvalue weighted by Gasteiger charge is 2.14. The van der Waals surface area contributed by atoms with Crippen molar-refractivity contribution in [2.24, 2.45) is 0 Å². The molecule has 0 saturated heterocycles. The Bertz CT molecular complexity index is 432. The number of carbonyl (C=O) groups is 2. The van der Waals surface area contributed by atoms with E-state index in [2.05, 4.69) is 0 Å². The topological polar surface area (TPSA) is 83.6 Å². The number of amides is 1. The predicted molar refractivity (Wildman–Crippen MR) is 69.1 cm³/mol. The summed E-state index contributed by atoms with van der Waals surface area (Å²) >= 11 is 0. The summed E-state index contributed by atoms with van der Waals surface area (Å²) < 4.78 is 0. The van der Waals surface area contributed by atoms with Crippen LogP contribution in [-0.2, 0) is 16.0 Å². The van der Waals surface area contributed by atoms with Crippen molar-refractivity contribution >= 4 is 17.6 Å². The van der Waals surface area contributed by atoms with E-state index in [1.807, 2.05) is 18.2 Å². The van der Waals surface area contributed by atoms with Crippen LogP contribution in [0.5, 0.6) is 0 Å². The molecule has 0 atom stereocenters. The molecule has 5 heteroatoms. The number of carboxylic acid groups (broad SMARTS) is 1. The molecule has 1 aromatic carbocycles. The number of nitrogen functional groups attached to an aromatic ring is 1. The van der Waals surface area contributed by atoms with Gasteiger partial charge in [0.1, 0.15) is 6.54 Å². The second-order valence-electron chi connectivity index (χ2n) is 4.00. The SMILES string of the molecule is CCN(CC(=O)O)C(=O)CCc1ccccc1N. The first kappa shape index (κ1) is 14.0. The van der Waals surface area contributed by atoms with E-state index in [4.69, 9.17) is 10.8 Å². The number of hydrogen-bond donors (Lipinski definition) is 2. The first-order valence-corrected chi connectivity index (χ1v) is 5.87. The minimum atomic E-state index is -0.996. The molecule has 0 aliphatic carbocycles. The lowest BCUT2D eigenvalue weighted by atomic mass is 10.1. The summed E-state index contributed by atoms with van der Waals surface area (Å²) in [7, 11) is 0. The molecule has 0 fully saturated rings. The second-order valence-corrected chi connectivity index (χ2v) is 4.00. The van der Waals surface area contributed by atoms with Crippen molar-refractivity contribution in [3.63, 3.8) is 0 Å². The summed E-state index contributed by atoms with van der Waals surface area (Å²) in [4.78, 5) is 23.7. The summed E-state index contributed by atoms with van der Waals surface area (Å²) in [6, 6.07) is 7.36. The van der Waals surface area contributed by atoms with Gasteiger partial charge in [0.15, 0.2) is 0 Å². The van der Waals surface area contributed by atoms with Crippen LogP contribution in [0.25, 0.3) is 0 Å². The first-order valence-electron chi connectivity index (χ1n) is 5.87. The van der Waals surface area contributed by atoms with Gasteiger partial charge >= 0.3 is 5.97 Å². The van der Waals surface area contributed by atoms with Gasteiger partial charge in [-0.3, -0.25) is 9.59 Å². The molecular weight excluding hydrogens is 232 g/mol. The molecule has 1 amide bonds. The monoisotopic (exact) mass is 250 g/mol. The van der Waals surface area contributed by atoms with E-state index in [-0.39, 0.29) is 18.9 Å². The van der Waals surface area contributed by atoms with Crippen molar-refractivity contribution in [1.29, 1.82) is 0 Å². The number of rotatable bonds is 6. The van der Waals surface area contributed by atoms with Gasteiger partial charge in [0, 0.05) is 18.7 Å². The van der Waals surface area contributed by atoms with Gasteiger partial charge in [-0.1, -0.05) is 18.2 Å². The lowest BCUT2D eigenvalue weighted by Gasteiger charge is -2.18. The third kappa shape index (κ3) is 4.08. The highest BCUT2D eigenvalue weighted by Crippen LogP contribution is 2.13. The lowest BCUT2D eigenvalue weighted by molar-refractivity contribution is -0.144. The average Bonchev–Trinajstić information content (AvgIpc) is 2.34. The van der Waals surface area contributed by atoms with Crippen LogP contribution in [0.2, 0.25) is 0 Å². The van der Waals surface area contributed by atoms with Gasteiger partial charge in [0.25, 0.3) is 0 Å². The molecule has 0 spiro atoms. The molecule has 3 N–H and O–H groups in total. The van der Waals surface area contributed by atoms with Crippen molar-refractivity contribution in [2.75, 3.05) is 18.8 Å². The normalized spacial score (nSPS) is 10.1. The summed E-state index contributed by atoms with van der Waals surface area (Å²) in [6.07, 6.45) is 0.803. The Hall–Kier alpha value is -2.04. The van der Waals surface area contributed by atoms with Gasteiger partial charge in [-0.05, 0) is 25.0 Å². The molecule has 18 heavy (non-hydrogen) atoms. The number of para-hydroxylation sites is 1. The number of nitrogens with two attached hydrogens (primary N) is 1. The molecule has 1 aromatic rings. The van der Waals surface area contributed by atoms with Crippen LogP contribution >= 0.6 is 0 Å². The third-order valence-electron chi connectivity index (χ3n) is 2.72. The Labute approximate surface area is 106 Å². The van der Waals surface area contributed by atoms with Crippen molar-refractivity contribution < 1.29 is 14.7 Å². The molecule has 0 heterocycles. The van der Waals surface area contributed by atoms with E-state index < -0.39 is 5.97 Å². The Morgan fingerprint density at radius 1 is 1.33 bits per heavy atom. The largest absolute Gasteiger partial charge is 0.480 e. The molecule has 0 radical (unpaired) electrons. The Kier molecular flexibility index (Phi) is 5.17. The summed E-state index contributed by atoms with van der Waals surface area (Å²) in [5.74, 6) is -1.16. The Balaban J connectivity index is 2.54. The number of carbonyl (C=O) groups excluding carboxylic acids is 1. The maximum Gasteiger partial charge on any atom is 0.323 e. The number of benzene rings is 1. The molecule has 5 nitrogen and oxygen atoms in total. The number of hydrogen-bond acceptors (Lipinski definition) is 3. The fourth-order valence-corrected chi connectivity index (χ4v) is 1.70. The van der Waals surface area contributed by atoms with Crippen LogP contribution < -0.4 is 5.73 Å². The number of aliphatic carboxylic acids is 1. The zero-order valence-corrected chi connectivity index (χ0v) is 10.4. The quantitative estimate of drug-likeness (QED) is 0.741. The van der Waals surface area contributed by atoms with E-state index in [1.54, 1.807) is 13.0 Å². The van der Waals surface area contributed by atoms with Crippen LogP contribution in [0.1, 0.15) is 18.9 Å². The van der Waals surface area contributed by atoms with E-state index >= 15 is 0 Å².